The van der Waals surface area contributed by atoms with Gasteiger partial charge in [-0.2, -0.15) is 5.26 Å². The van der Waals surface area contributed by atoms with E-state index in [9.17, 15) is 9.59 Å². The van der Waals surface area contributed by atoms with Gasteiger partial charge in [-0.1, -0.05) is 24.3 Å². The highest BCUT2D eigenvalue weighted by Crippen LogP contribution is 2.20. The van der Waals surface area contributed by atoms with Crippen LogP contribution < -0.4 is 10.1 Å². The molecule has 29 heavy (non-hydrogen) atoms. The minimum Gasteiger partial charge on any atom is -0.491 e. The Morgan fingerprint density at radius 1 is 1.07 bits per heavy atom. The van der Waals surface area contributed by atoms with Crippen molar-refractivity contribution in [3.8, 4) is 11.8 Å². The van der Waals surface area contributed by atoms with Crippen LogP contribution in [0.2, 0.25) is 0 Å². The zero-order valence-corrected chi connectivity index (χ0v) is 16.6. The maximum Gasteiger partial charge on any atom is 0.229 e. The van der Waals surface area contributed by atoms with Crippen LogP contribution >= 0.6 is 0 Å². The summed E-state index contributed by atoms with van der Waals surface area (Å²) in [6.45, 7) is 4.20. The SMILES string of the molecule is Cc1cc(CNCCc2ccc(C#N)cc2)ccc1OCCN1C(=O)CCC1=O. The van der Waals surface area contributed by atoms with Crippen molar-refractivity contribution in [2.75, 3.05) is 19.7 Å². The number of nitrogens with zero attached hydrogens (tertiary/aromatic N) is 2. The lowest BCUT2D eigenvalue weighted by Crippen LogP contribution is -2.33. The molecule has 0 aliphatic carbocycles. The van der Waals surface area contributed by atoms with E-state index in [1.165, 1.54) is 16.0 Å². The molecule has 1 aliphatic heterocycles. The third-order valence-electron chi connectivity index (χ3n) is 4.97. The predicted octanol–water partition coefficient (Wildman–Crippen LogP) is 2.73. The number of hydrogen-bond donors (Lipinski definition) is 1. The highest BCUT2D eigenvalue weighted by Gasteiger charge is 2.28. The molecule has 150 valence electrons. The van der Waals surface area contributed by atoms with Gasteiger partial charge in [0.25, 0.3) is 0 Å². The average Bonchev–Trinajstić information content (AvgIpc) is 3.05. The van der Waals surface area contributed by atoms with Crippen LogP contribution in [-0.2, 0) is 22.6 Å². The highest BCUT2D eigenvalue weighted by atomic mass is 16.5. The molecule has 0 unspecified atom stereocenters. The fraction of sp³-hybridized carbons (Fsp3) is 0.348. The number of aryl methyl sites for hydroxylation is 1. The Kier molecular flexibility index (Phi) is 6.99. The van der Waals surface area contributed by atoms with Crippen LogP contribution in [0.1, 0.15) is 35.1 Å². The molecule has 1 saturated heterocycles. The number of imide groups is 1. The minimum absolute atomic E-state index is 0.113. The lowest BCUT2D eigenvalue weighted by Gasteiger charge is -2.15. The standard InChI is InChI=1S/C23H25N3O3/c1-17-14-20(16-25-11-10-18-2-4-19(15-24)5-3-18)6-7-21(17)29-13-12-26-22(27)8-9-23(26)28/h2-7,14,25H,8-13,16H2,1H3. The quantitative estimate of drug-likeness (QED) is 0.525. The Labute approximate surface area is 171 Å². The number of hydrogen-bond acceptors (Lipinski definition) is 5. The van der Waals surface area contributed by atoms with Gasteiger partial charge in [0.05, 0.1) is 18.2 Å². The van der Waals surface area contributed by atoms with Crippen LogP contribution in [0, 0.1) is 18.3 Å². The van der Waals surface area contributed by atoms with Crippen molar-refractivity contribution >= 4 is 11.8 Å². The van der Waals surface area contributed by atoms with Gasteiger partial charge in [-0.15, -0.1) is 0 Å². The summed E-state index contributed by atoms with van der Waals surface area (Å²) in [6, 6.07) is 15.8. The second-order valence-electron chi connectivity index (χ2n) is 7.12. The molecule has 0 aromatic heterocycles. The van der Waals surface area contributed by atoms with Gasteiger partial charge in [0, 0.05) is 19.4 Å². The normalized spacial score (nSPS) is 13.6. The van der Waals surface area contributed by atoms with E-state index in [1.54, 1.807) is 0 Å². The molecule has 0 bridgehead atoms. The summed E-state index contributed by atoms with van der Waals surface area (Å²) in [5, 5.41) is 12.3. The molecule has 0 atom stereocenters. The summed E-state index contributed by atoms with van der Waals surface area (Å²) in [6.07, 6.45) is 1.52. The van der Waals surface area contributed by atoms with Crippen molar-refractivity contribution in [1.29, 1.82) is 5.26 Å². The highest BCUT2D eigenvalue weighted by molar-refractivity contribution is 6.01. The van der Waals surface area contributed by atoms with E-state index in [1.807, 2.05) is 43.3 Å². The Morgan fingerprint density at radius 3 is 2.41 bits per heavy atom. The summed E-state index contributed by atoms with van der Waals surface area (Å²) in [7, 11) is 0. The summed E-state index contributed by atoms with van der Waals surface area (Å²) < 4.78 is 5.76. The van der Waals surface area contributed by atoms with E-state index < -0.39 is 0 Å². The predicted molar refractivity (Wildman–Crippen MR) is 109 cm³/mol. The van der Waals surface area contributed by atoms with E-state index >= 15 is 0 Å². The summed E-state index contributed by atoms with van der Waals surface area (Å²) in [4.78, 5) is 24.5. The minimum atomic E-state index is -0.113. The first-order chi connectivity index (χ1) is 14.1. The fourth-order valence-corrected chi connectivity index (χ4v) is 3.31. The van der Waals surface area contributed by atoms with Gasteiger partial charge in [-0.05, 0) is 54.8 Å². The number of likely N-dealkylation sites (tertiary alicyclic amines) is 1. The van der Waals surface area contributed by atoms with Gasteiger partial charge in [-0.25, -0.2) is 0 Å². The van der Waals surface area contributed by atoms with Crippen LogP contribution in [0.4, 0.5) is 0 Å². The Morgan fingerprint density at radius 2 is 1.76 bits per heavy atom. The largest absolute Gasteiger partial charge is 0.491 e. The van der Waals surface area contributed by atoms with Gasteiger partial charge >= 0.3 is 0 Å². The third kappa shape index (κ3) is 5.66. The molecule has 0 radical (unpaired) electrons. The molecule has 2 aromatic carbocycles. The maximum absolute atomic E-state index is 11.6. The molecule has 1 aliphatic rings. The number of carbonyl (C=O) groups is 2. The zero-order chi connectivity index (χ0) is 20.6. The molecule has 1 N–H and O–H groups in total. The molecule has 6 heteroatoms. The summed E-state index contributed by atoms with van der Waals surface area (Å²) in [5.41, 5.74) is 4.07. The Hall–Kier alpha value is -3.17. The molecule has 1 fully saturated rings. The van der Waals surface area contributed by atoms with Crippen LogP contribution in [0.5, 0.6) is 5.75 Å². The lowest BCUT2D eigenvalue weighted by molar-refractivity contribution is -0.138. The Bertz CT molecular complexity index is 900. The van der Waals surface area contributed by atoms with Crippen LogP contribution in [0.25, 0.3) is 0 Å². The van der Waals surface area contributed by atoms with Crippen LogP contribution in [0.3, 0.4) is 0 Å². The van der Waals surface area contributed by atoms with Crippen molar-refractivity contribution in [3.63, 3.8) is 0 Å². The van der Waals surface area contributed by atoms with Crippen molar-refractivity contribution in [2.24, 2.45) is 0 Å². The van der Waals surface area contributed by atoms with Crippen molar-refractivity contribution in [2.45, 2.75) is 32.7 Å². The van der Waals surface area contributed by atoms with Gasteiger partial charge in [-0.3, -0.25) is 14.5 Å². The van der Waals surface area contributed by atoms with Gasteiger partial charge in [0.1, 0.15) is 12.4 Å². The molecule has 0 saturated carbocycles. The molecule has 6 nitrogen and oxygen atoms in total. The van der Waals surface area contributed by atoms with Gasteiger partial charge < -0.3 is 10.1 Å². The lowest BCUT2D eigenvalue weighted by atomic mass is 10.1. The average molecular weight is 391 g/mol. The first-order valence-corrected chi connectivity index (χ1v) is 9.82. The molecule has 2 amide bonds. The number of nitrogens with one attached hydrogen (secondary N) is 1. The number of amides is 2. The zero-order valence-electron chi connectivity index (χ0n) is 16.6. The molecule has 1 heterocycles. The van der Waals surface area contributed by atoms with E-state index in [-0.39, 0.29) is 11.8 Å². The molecule has 3 rings (SSSR count). The van der Waals surface area contributed by atoms with E-state index in [2.05, 4.69) is 17.5 Å². The number of benzene rings is 2. The second kappa shape index (κ2) is 9.85. The fourth-order valence-electron chi connectivity index (χ4n) is 3.31. The number of rotatable bonds is 9. The summed E-state index contributed by atoms with van der Waals surface area (Å²) >= 11 is 0. The topological polar surface area (TPSA) is 82.4 Å². The van der Waals surface area contributed by atoms with Crippen LogP contribution in [-0.4, -0.2) is 36.4 Å². The maximum atomic E-state index is 11.6. The molecule has 2 aromatic rings. The van der Waals surface area contributed by atoms with Crippen molar-refractivity contribution < 1.29 is 14.3 Å². The third-order valence-corrected chi connectivity index (χ3v) is 4.97. The molecule has 0 spiro atoms. The monoisotopic (exact) mass is 391 g/mol. The van der Waals surface area contributed by atoms with E-state index in [0.29, 0.717) is 31.6 Å². The summed E-state index contributed by atoms with van der Waals surface area (Å²) in [5.74, 6) is 0.543. The molecular weight excluding hydrogens is 366 g/mol. The second-order valence-corrected chi connectivity index (χ2v) is 7.12. The number of nitriles is 1. The number of ether oxygens (including phenoxy) is 1. The van der Waals surface area contributed by atoms with E-state index in [0.717, 1.165) is 30.8 Å². The van der Waals surface area contributed by atoms with Crippen molar-refractivity contribution in [1.82, 2.24) is 10.2 Å². The van der Waals surface area contributed by atoms with Gasteiger partial charge in [0.2, 0.25) is 11.8 Å². The Balaban J connectivity index is 1.41. The van der Waals surface area contributed by atoms with E-state index in [4.69, 9.17) is 10.00 Å². The van der Waals surface area contributed by atoms with Crippen molar-refractivity contribution in [3.05, 3.63) is 64.7 Å². The van der Waals surface area contributed by atoms with Crippen LogP contribution in [0.15, 0.2) is 42.5 Å². The first-order valence-electron chi connectivity index (χ1n) is 9.82. The first kappa shape index (κ1) is 20.6. The number of carbonyl (C=O) groups excluding carboxylic acids is 2. The molecular formula is C23H25N3O3. The van der Waals surface area contributed by atoms with Gasteiger partial charge in [0.15, 0.2) is 0 Å². The smallest absolute Gasteiger partial charge is 0.229 e.